The molecule has 0 saturated heterocycles. The third-order valence-electron chi connectivity index (χ3n) is 1.57. The van der Waals surface area contributed by atoms with Gasteiger partial charge in [0.25, 0.3) is 0 Å². The highest BCUT2D eigenvalue weighted by Crippen LogP contribution is 2.17. The lowest BCUT2D eigenvalue weighted by Gasteiger charge is -2.10. The number of carbonyl (C=O) groups excluding carboxylic acids is 1. The van der Waals surface area contributed by atoms with Gasteiger partial charge in [-0.25, -0.2) is 4.79 Å². The number of halogens is 4. The third kappa shape index (κ3) is 4.69. The van der Waals surface area contributed by atoms with Crippen LogP contribution in [-0.2, 0) is 0 Å². The van der Waals surface area contributed by atoms with Crippen LogP contribution in [0.4, 0.5) is 23.7 Å². The van der Waals surface area contributed by atoms with E-state index in [2.05, 4.69) is 5.32 Å². The van der Waals surface area contributed by atoms with Crippen LogP contribution in [0.1, 0.15) is 0 Å². The van der Waals surface area contributed by atoms with E-state index in [0.29, 0.717) is 5.69 Å². The zero-order valence-electron chi connectivity index (χ0n) is 7.94. The highest BCUT2D eigenvalue weighted by Gasteiger charge is 2.27. The fraction of sp³-hybridized carbons (Fsp3) is 0.222. The second-order valence-corrected chi connectivity index (χ2v) is 4.06. The number of amides is 2. The molecule has 0 aliphatic carbocycles. The Labute approximate surface area is 104 Å². The summed E-state index contributed by atoms with van der Waals surface area (Å²) in [6.45, 7) is -1.34. The highest BCUT2D eigenvalue weighted by atomic mass is 127. The Morgan fingerprint density at radius 3 is 2.50 bits per heavy atom. The Kier molecular flexibility index (Phi) is 4.39. The Morgan fingerprint density at radius 2 is 1.94 bits per heavy atom. The second-order valence-electron chi connectivity index (χ2n) is 2.90. The molecule has 88 valence electrons. The molecule has 0 aliphatic heterocycles. The molecule has 7 heteroatoms. The number of alkyl halides is 3. The first-order valence-electron chi connectivity index (χ1n) is 4.24. The molecule has 0 unspecified atom stereocenters. The van der Waals surface area contributed by atoms with E-state index < -0.39 is 18.8 Å². The molecule has 1 rings (SSSR count). The maximum atomic E-state index is 11.8. The second kappa shape index (κ2) is 5.37. The molecule has 0 atom stereocenters. The molecule has 2 amide bonds. The molecule has 0 aliphatic rings. The number of hydrogen-bond acceptors (Lipinski definition) is 1. The average molecular weight is 344 g/mol. The van der Waals surface area contributed by atoms with Crippen molar-refractivity contribution in [2.75, 3.05) is 11.9 Å². The maximum absolute atomic E-state index is 11.8. The molecule has 1 aromatic rings. The van der Waals surface area contributed by atoms with Crippen molar-refractivity contribution in [3.05, 3.63) is 27.8 Å². The van der Waals surface area contributed by atoms with E-state index >= 15 is 0 Å². The van der Waals surface area contributed by atoms with E-state index in [-0.39, 0.29) is 0 Å². The summed E-state index contributed by atoms with van der Waals surface area (Å²) in [6, 6.07) is 5.92. The van der Waals surface area contributed by atoms with Crippen molar-refractivity contribution in [1.82, 2.24) is 5.32 Å². The summed E-state index contributed by atoms with van der Waals surface area (Å²) < 4.78 is 36.1. The van der Waals surface area contributed by atoms with Crippen LogP contribution in [-0.4, -0.2) is 18.8 Å². The zero-order valence-corrected chi connectivity index (χ0v) is 10.1. The fourth-order valence-electron chi connectivity index (χ4n) is 0.910. The summed E-state index contributed by atoms with van der Waals surface area (Å²) >= 11 is 1.97. The fourth-order valence-corrected chi connectivity index (χ4v) is 1.43. The van der Waals surface area contributed by atoms with Crippen LogP contribution in [0.3, 0.4) is 0 Å². The van der Waals surface area contributed by atoms with Crippen molar-refractivity contribution >= 4 is 34.3 Å². The van der Waals surface area contributed by atoms with Gasteiger partial charge >= 0.3 is 12.2 Å². The lowest BCUT2D eigenvalue weighted by molar-refractivity contribution is -0.122. The van der Waals surface area contributed by atoms with Crippen LogP contribution < -0.4 is 10.6 Å². The maximum Gasteiger partial charge on any atom is 0.405 e. The molecule has 0 radical (unpaired) electrons. The van der Waals surface area contributed by atoms with Crippen molar-refractivity contribution < 1.29 is 18.0 Å². The lowest BCUT2D eigenvalue weighted by atomic mass is 10.3. The van der Waals surface area contributed by atoms with Crippen molar-refractivity contribution in [1.29, 1.82) is 0 Å². The zero-order chi connectivity index (χ0) is 12.2. The van der Waals surface area contributed by atoms with E-state index in [9.17, 15) is 18.0 Å². The number of rotatable bonds is 2. The first kappa shape index (κ1) is 13.1. The number of para-hydroxylation sites is 1. The van der Waals surface area contributed by atoms with Crippen molar-refractivity contribution in [2.45, 2.75) is 6.18 Å². The Hall–Kier alpha value is -0.990. The number of nitrogens with one attached hydrogen (secondary N) is 2. The molecule has 2 N–H and O–H groups in total. The minimum Gasteiger partial charge on any atom is -0.329 e. The van der Waals surface area contributed by atoms with Gasteiger partial charge < -0.3 is 10.6 Å². The van der Waals surface area contributed by atoms with E-state index in [1.807, 2.05) is 22.6 Å². The summed E-state index contributed by atoms with van der Waals surface area (Å²) in [5, 5.41) is 4.05. The number of urea groups is 1. The summed E-state index contributed by atoms with van der Waals surface area (Å²) in [7, 11) is 0. The number of benzene rings is 1. The van der Waals surface area contributed by atoms with E-state index in [0.717, 1.165) is 3.57 Å². The van der Waals surface area contributed by atoms with Crippen LogP contribution in [0.5, 0.6) is 0 Å². The summed E-state index contributed by atoms with van der Waals surface area (Å²) in [5.74, 6) is 0. The van der Waals surface area contributed by atoms with Gasteiger partial charge in [0.15, 0.2) is 0 Å². The highest BCUT2D eigenvalue weighted by molar-refractivity contribution is 14.1. The molecule has 0 heterocycles. The normalized spacial score (nSPS) is 11.0. The van der Waals surface area contributed by atoms with Gasteiger partial charge in [0, 0.05) is 3.57 Å². The van der Waals surface area contributed by atoms with E-state index in [1.165, 1.54) is 0 Å². The van der Waals surface area contributed by atoms with Gasteiger partial charge in [-0.15, -0.1) is 0 Å². The number of hydrogen-bond donors (Lipinski definition) is 2. The van der Waals surface area contributed by atoms with Gasteiger partial charge in [-0.05, 0) is 34.7 Å². The Bertz CT molecular complexity index is 381. The van der Waals surface area contributed by atoms with Gasteiger partial charge in [-0.3, -0.25) is 0 Å². The number of carbonyl (C=O) groups is 1. The molecule has 0 bridgehead atoms. The van der Waals surface area contributed by atoms with Gasteiger partial charge in [0.05, 0.1) is 5.69 Å². The molecule has 0 spiro atoms. The minimum atomic E-state index is -4.40. The van der Waals surface area contributed by atoms with E-state index in [1.54, 1.807) is 29.6 Å². The molecule has 1 aromatic carbocycles. The minimum absolute atomic E-state index is 0.475. The van der Waals surface area contributed by atoms with Crippen LogP contribution >= 0.6 is 22.6 Å². The van der Waals surface area contributed by atoms with E-state index in [4.69, 9.17) is 0 Å². The summed E-state index contributed by atoms with van der Waals surface area (Å²) in [6.07, 6.45) is -4.40. The first-order valence-corrected chi connectivity index (χ1v) is 5.32. The van der Waals surface area contributed by atoms with Crippen LogP contribution in [0.15, 0.2) is 24.3 Å². The molecular formula is C9H8F3IN2O. The van der Waals surface area contributed by atoms with Gasteiger partial charge in [-0.2, -0.15) is 13.2 Å². The van der Waals surface area contributed by atoms with Crippen LogP contribution in [0.2, 0.25) is 0 Å². The van der Waals surface area contributed by atoms with Crippen molar-refractivity contribution in [3.63, 3.8) is 0 Å². The van der Waals surface area contributed by atoms with Crippen LogP contribution in [0, 0.1) is 3.57 Å². The Morgan fingerprint density at radius 1 is 1.31 bits per heavy atom. The first-order chi connectivity index (χ1) is 7.38. The standard InChI is InChI=1S/C9H8F3IN2O/c10-9(11,12)5-14-8(16)15-7-4-2-1-3-6(7)13/h1-4H,5H2,(H2,14,15,16). The molecular weight excluding hydrogens is 336 g/mol. The van der Waals surface area contributed by atoms with Gasteiger partial charge in [0.1, 0.15) is 6.54 Å². The van der Waals surface area contributed by atoms with Crippen LogP contribution in [0.25, 0.3) is 0 Å². The summed E-state index contributed by atoms with van der Waals surface area (Å²) in [5.41, 5.74) is 0.475. The molecule has 0 saturated carbocycles. The van der Waals surface area contributed by atoms with Crippen molar-refractivity contribution in [2.24, 2.45) is 0 Å². The average Bonchev–Trinajstić information content (AvgIpc) is 2.18. The molecule has 16 heavy (non-hydrogen) atoms. The molecule has 0 aromatic heterocycles. The lowest BCUT2D eigenvalue weighted by Crippen LogP contribution is -2.36. The monoisotopic (exact) mass is 344 g/mol. The largest absolute Gasteiger partial charge is 0.405 e. The van der Waals surface area contributed by atoms with Gasteiger partial charge in [0.2, 0.25) is 0 Å². The molecule has 0 fully saturated rings. The smallest absolute Gasteiger partial charge is 0.329 e. The quantitative estimate of drug-likeness (QED) is 0.796. The van der Waals surface area contributed by atoms with Crippen molar-refractivity contribution in [3.8, 4) is 0 Å². The van der Waals surface area contributed by atoms with Gasteiger partial charge in [-0.1, -0.05) is 12.1 Å². The SMILES string of the molecule is O=C(NCC(F)(F)F)Nc1ccccc1I. The topological polar surface area (TPSA) is 41.1 Å². The predicted octanol–water partition coefficient (Wildman–Crippen LogP) is 2.98. The third-order valence-corrected chi connectivity index (χ3v) is 2.51. The molecule has 3 nitrogen and oxygen atoms in total. The Balaban J connectivity index is 2.50. The summed E-state index contributed by atoms with van der Waals surface area (Å²) in [4.78, 5) is 11.1. The predicted molar refractivity (Wildman–Crippen MR) is 62.2 cm³/mol. The number of anilines is 1.